The molecule has 0 saturated heterocycles. The van der Waals surface area contributed by atoms with Crippen LogP contribution in [0.1, 0.15) is 16.7 Å². The molecule has 2 aromatic carbocycles. The van der Waals surface area contributed by atoms with Crippen molar-refractivity contribution in [1.29, 1.82) is 0 Å². The van der Waals surface area contributed by atoms with Crippen LogP contribution in [-0.4, -0.2) is 25.8 Å². The van der Waals surface area contributed by atoms with Gasteiger partial charge in [0.25, 0.3) is 5.91 Å². The van der Waals surface area contributed by atoms with E-state index >= 15 is 0 Å². The third-order valence-corrected chi connectivity index (χ3v) is 4.59. The number of carbonyl (C=O) groups is 1. The molecule has 0 aliphatic heterocycles. The average molecular weight is 561 g/mol. The van der Waals surface area contributed by atoms with Crippen LogP contribution in [-0.2, 0) is 16.2 Å². The van der Waals surface area contributed by atoms with Gasteiger partial charge in [-0.25, -0.2) is 0 Å². The number of halogens is 3. The van der Waals surface area contributed by atoms with Gasteiger partial charge in [0.05, 0.1) is 7.86 Å². The molecule has 8 heteroatoms. The van der Waals surface area contributed by atoms with E-state index < -0.39 is 0 Å². The quantitative estimate of drug-likeness (QED) is 0.373. The molecule has 0 aromatic heterocycles. The number of likely N-dealkylation sites (N-methyl/N-ethyl adjacent to an activating group) is 1. The standard InChI is InChI=1S/C19H17Br3N2O3/c1-23-19(25)18(24-26-2)14-6-4-3-5-13(14)11-27-16-8-7-12(9-15(16)20)10-17(21)22/h3-10H,11H2,1-2H3,(H,23,25). The zero-order valence-electron chi connectivity index (χ0n) is 14.6. The number of rotatable bonds is 7. The fourth-order valence-electron chi connectivity index (χ4n) is 2.31. The van der Waals surface area contributed by atoms with E-state index in [9.17, 15) is 4.79 Å². The third-order valence-electron chi connectivity index (χ3n) is 3.51. The van der Waals surface area contributed by atoms with Gasteiger partial charge >= 0.3 is 0 Å². The molecule has 5 nitrogen and oxygen atoms in total. The molecule has 142 valence electrons. The Hall–Kier alpha value is -1.64. The fourth-order valence-corrected chi connectivity index (χ4v) is 3.34. The number of hydrogen-bond acceptors (Lipinski definition) is 4. The van der Waals surface area contributed by atoms with Gasteiger partial charge in [0.2, 0.25) is 0 Å². The van der Waals surface area contributed by atoms with Gasteiger partial charge in [-0.3, -0.25) is 4.79 Å². The molecule has 0 atom stereocenters. The molecule has 27 heavy (non-hydrogen) atoms. The summed E-state index contributed by atoms with van der Waals surface area (Å²) in [5.41, 5.74) is 2.67. The monoisotopic (exact) mass is 558 g/mol. The van der Waals surface area contributed by atoms with Crippen LogP contribution in [0.15, 0.2) is 55.5 Å². The van der Waals surface area contributed by atoms with Crippen molar-refractivity contribution in [2.24, 2.45) is 5.16 Å². The predicted molar refractivity (Wildman–Crippen MR) is 118 cm³/mol. The largest absolute Gasteiger partial charge is 0.488 e. The van der Waals surface area contributed by atoms with Crippen LogP contribution in [0.5, 0.6) is 5.75 Å². The highest BCUT2D eigenvalue weighted by Crippen LogP contribution is 2.29. The summed E-state index contributed by atoms with van der Waals surface area (Å²) in [6, 6.07) is 13.2. The predicted octanol–water partition coefficient (Wildman–Crippen LogP) is 5.21. The summed E-state index contributed by atoms with van der Waals surface area (Å²) in [6.45, 7) is 0.270. The summed E-state index contributed by atoms with van der Waals surface area (Å²) in [7, 11) is 2.95. The van der Waals surface area contributed by atoms with Gasteiger partial charge in [-0.1, -0.05) is 35.5 Å². The number of amides is 1. The highest BCUT2D eigenvalue weighted by Gasteiger charge is 2.17. The summed E-state index contributed by atoms with van der Waals surface area (Å²) < 4.78 is 7.62. The van der Waals surface area contributed by atoms with Crippen LogP contribution in [0.25, 0.3) is 6.08 Å². The number of hydrogen-bond donors (Lipinski definition) is 1. The van der Waals surface area contributed by atoms with Crippen molar-refractivity contribution in [3.05, 3.63) is 67.0 Å². The molecule has 0 aliphatic rings. The van der Waals surface area contributed by atoms with E-state index in [-0.39, 0.29) is 18.2 Å². The first-order valence-corrected chi connectivity index (χ1v) is 10.2. The van der Waals surface area contributed by atoms with Crippen molar-refractivity contribution in [3.8, 4) is 5.75 Å². The molecule has 0 aliphatic carbocycles. The Morgan fingerprint density at radius 1 is 1.22 bits per heavy atom. The zero-order chi connectivity index (χ0) is 19.8. The molecule has 2 rings (SSSR count). The van der Waals surface area contributed by atoms with Crippen molar-refractivity contribution in [1.82, 2.24) is 5.32 Å². The molecule has 0 bridgehead atoms. The Balaban J connectivity index is 2.26. The molecular formula is C19H17Br3N2O3. The van der Waals surface area contributed by atoms with Gasteiger partial charge in [-0.15, -0.1) is 0 Å². The minimum Gasteiger partial charge on any atom is -0.488 e. The number of ether oxygens (including phenoxy) is 1. The van der Waals surface area contributed by atoms with Crippen LogP contribution in [0, 0.1) is 0 Å². The second-order valence-electron chi connectivity index (χ2n) is 5.27. The van der Waals surface area contributed by atoms with Crippen LogP contribution >= 0.6 is 47.8 Å². The SMILES string of the molecule is CNC(=O)C(=NOC)c1ccccc1COc1ccc(C=C(Br)Br)cc1Br. The number of nitrogens with one attached hydrogen (secondary N) is 1. The Kier molecular flexibility index (Phi) is 8.53. The van der Waals surface area contributed by atoms with Crippen LogP contribution in [0.3, 0.4) is 0 Å². The summed E-state index contributed by atoms with van der Waals surface area (Å²) in [6.07, 6.45) is 1.93. The summed E-state index contributed by atoms with van der Waals surface area (Å²) in [5, 5.41) is 6.43. The minimum atomic E-state index is -0.332. The number of nitrogens with zero attached hydrogens (tertiary/aromatic N) is 1. The number of carbonyl (C=O) groups excluding carboxylic acids is 1. The van der Waals surface area contributed by atoms with E-state index in [1.807, 2.05) is 48.5 Å². The van der Waals surface area contributed by atoms with E-state index in [0.29, 0.717) is 11.3 Å². The van der Waals surface area contributed by atoms with Gasteiger partial charge in [-0.05, 0) is 77.1 Å². The lowest BCUT2D eigenvalue weighted by atomic mass is 10.0. The molecule has 0 saturated carbocycles. The Labute approximate surface area is 183 Å². The average Bonchev–Trinajstić information content (AvgIpc) is 2.65. The molecule has 0 spiro atoms. The lowest BCUT2D eigenvalue weighted by Gasteiger charge is -2.13. The Morgan fingerprint density at radius 3 is 2.59 bits per heavy atom. The fraction of sp³-hybridized carbons (Fsp3) is 0.158. The van der Waals surface area contributed by atoms with E-state index in [2.05, 4.69) is 58.3 Å². The van der Waals surface area contributed by atoms with Crippen molar-refractivity contribution < 1.29 is 14.4 Å². The van der Waals surface area contributed by atoms with Gasteiger partial charge in [0, 0.05) is 12.6 Å². The Morgan fingerprint density at radius 2 is 1.96 bits per heavy atom. The maximum Gasteiger partial charge on any atom is 0.273 e. The smallest absolute Gasteiger partial charge is 0.273 e. The second-order valence-corrected chi connectivity index (χ2v) is 8.90. The van der Waals surface area contributed by atoms with E-state index in [1.165, 1.54) is 7.11 Å². The molecule has 0 radical (unpaired) electrons. The van der Waals surface area contributed by atoms with Crippen LogP contribution in [0.4, 0.5) is 0 Å². The summed E-state index contributed by atoms with van der Waals surface area (Å²) in [4.78, 5) is 17.0. The highest BCUT2D eigenvalue weighted by atomic mass is 79.9. The topological polar surface area (TPSA) is 59.9 Å². The maximum atomic E-state index is 12.1. The second kappa shape index (κ2) is 10.6. The lowest BCUT2D eigenvalue weighted by Crippen LogP contribution is -2.29. The normalized spacial score (nSPS) is 10.9. The van der Waals surface area contributed by atoms with Gasteiger partial charge < -0.3 is 14.9 Å². The maximum absolute atomic E-state index is 12.1. The molecule has 0 fully saturated rings. The van der Waals surface area contributed by atoms with Gasteiger partial charge in [0.1, 0.15) is 19.5 Å². The Bertz CT molecular complexity index is 878. The van der Waals surface area contributed by atoms with Crippen molar-refractivity contribution >= 4 is 65.5 Å². The number of benzene rings is 2. The van der Waals surface area contributed by atoms with Crippen LogP contribution < -0.4 is 10.1 Å². The third kappa shape index (κ3) is 6.19. The molecule has 2 aromatic rings. The molecule has 0 unspecified atom stereocenters. The van der Waals surface area contributed by atoms with Gasteiger partial charge in [-0.2, -0.15) is 0 Å². The zero-order valence-corrected chi connectivity index (χ0v) is 19.4. The first kappa shape index (κ1) is 21.7. The van der Waals surface area contributed by atoms with Crippen LogP contribution in [0.2, 0.25) is 0 Å². The minimum absolute atomic E-state index is 0.195. The summed E-state index contributed by atoms with van der Waals surface area (Å²) >= 11 is 10.2. The molecular weight excluding hydrogens is 544 g/mol. The first-order valence-electron chi connectivity index (χ1n) is 7.82. The number of oxime groups is 1. The highest BCUT2D eigenvalue weighted by molar-refractivity contribution is 9.28. The van der Waals surface area contributed by atoms with Crippen molar-refractivity contribution in [3.63, 3.8) is 0 Å². The van der Waals surface area contributed by atoms with E-state index in [1.54, 1.807) is 7.05 Å². The molecule has 1 amide bonds. The first-order chi connectivity index (χ1) is 13.0. The van der Waals surface area contributed by atoms with E-state index in [4.69, 9.17) is 9.57 Å². The van der Waals surface area contributed by atoms with E-state index in [0.717, 1.165) is 19.0 Å². The van der Waals surface area contributed by atoms with Crippen molar-refractivity contribution in [2.75, 3.05) is 14.2 Å². The summed E-state index contributed by atoms with van der Waals surface area (Å²) in [5.74, 6) is 0.361. The molecule has 1 N–H and O–H groups in total. The molecule has 0 heterocycles. The van der Waals surface area contributed by atoms with Gasteiger partial charge in [0.15, 0.2) is 5.71 Å². The lowest BCUT2D eigenvalue weighted by molar-refractivity contribution is -0.114. The van der Waals surface area contributed by atoms with Crippen molar-refractivity contribution in [2.45, 2.75) is 6.61 Å².